The quantitative estimate of drug-likeness (QED) is 0.881. The van der Waals surface area contributed by atoms with E-state index in [0.29, 0.717) is 12.1 Å². The Kier molecular flexibility index (Phi) is 5.33. The van der Waals surface area contributed by atoms with Gasteiger partial charge in [-0.25, -0.2) is 14.2 Å². The summed E-state index contributed by atoms with van der Waals surface area (Å²) in [6.45, 7) is 4.40. The van der Waals surface area contributed by atoms with Crippen LogP contribution in [0.25, 0.3) is 0 Å². The summed E-state index contributed by atoms with van der Waals surface area (Å²) >= 11 is 0. The first-order valence-corrected chi connectivity index (χ1v) is 7.57. The third kappa shape index (κ3) is 3.98. The molecule has 0 bridgehead atoms. The highest BCUT2D eigenvalue weighted by Crippen LogP contribution is 2.13. The molecular formula is C17H20FN3O3. The number of likely N-dealkylation sites (N-methyl/N-ethyl adjacent to an activating group) is 1. The minimum absolute atomic E-state index is 0.00426. The predicted octanol–water partition coefficient (Wildman–Crippen LogP) is 2.50. The van der Waals surface area contributed by atoms with Gasteiger partial charge in [-0.2, -0.15) is 0 Å². The molecule has 0 saturated heterocycles. The monoisotopic (exact) mass is 333 g/mol. The maximum Gasteiger partial charge on any atom is 0.338 e. The molecule has 0 aliphatic carbocycles. The average molecular weight is 333 g/mol. The van der Waals surface area contributed by atoms with Gasteiger partial charge in [0, 0.05) is 25.5 Å². The normalized spacial score (nSPS) is 10.9. The second-order valence-corrected chi connectivity index (χ2v) is 5.89. The van der Waals surface area contributed by atoms with E-state index in [0.717, 1.165) is 11.9 Å². The van der Waals surface area contributed by atoms with E-state index in [1.807, 2.05) is 24.6 Å². The highest BCUT2D eigenvalue weighted by atomic mass is 19.1. The van der Waals surface area contributed by atoms with Gasteiger partial charge >= 0.3 is 5.97 Å². The molecule has 24 heavy (non-hydrogen) atoms. The molecule has 7 heteroatoms. The summed E-state index contributed by atoms with van der Waals surface area (Å²) in [5, 5.41) is 8.82. The van der Waals surface area contributed by atoms with Crippen molar-refractivity contribution in [3.63, 3.8) is 0 Å². The fraction of sp³-hybridized carbons (Fsp3) is 0.353. The number of hydrogen-bond acceptors (Lipinski definition) is 3. The lowest BCUT2D eigenvalue weighted by Crippen LogP contribution is -2.29. The number of rotatable bonds is 6. The second-order valence-electron chi connectivity index (χ2n) is 5.89. The first kappa shape index (κ1) is 17.7. The van der Waals surface area contributed by atoms with Gasteiger partial charge < -0.3 is 14.6 Å². The number of nitrogens with zero attached hydrogens (tertiary/aromatic N) is 3. The van der Waals surface area contributed by atoms with E-state index in [9.17, 15) is 14.0 Å². The van der Waals surface area contributed by atoms with Crippen molar-refractivity contribution >= 4 is 11.9 Å². The van der Waals surface area contributed by atoms with E-state index in [-0.39, 0.29) is 18.4 Å². The largest absolute Gasteiger partial charge is 0.478 e. The molecule has 2 rings (SSSR count). The zero-order valence-corrected chi connectivity index (χ0v) is 13.9. The molecule has 128 valence electrons. The smallest absolute Gasteiger partial charge is 0.338 e. The van der Waals surface area contributed by atoms with Crippen LogP contribution in [-0.2, 0) is 17.8 Å². The molecule has 1 aromatic heterocycles. The van der Waals surface area contributed by atoms with Gasteiger partial charge in [0.15, 0.2) is 0 Å². The van der Waals surface area contributed by atoms with Crippen LogP contribution >= 0.6 is 0 Å². The lowest BCUT2D eigenvalue weighted by Gasteiger charge is -2.19. The standard InChI is InChI=1S/C17H20FN3O3/c1-11(2)21-7-6-19-15(21)10-20(3)16(22)9-12-4-5-13(17(23)24)14(18)8-12/h4-8,11H,9-10H2,1-3H3,(H,23,24). The predicted molar refractivity (Wildman–Crippen MR) is 86.1 cm³/mol. The minimum atomic E-state index is -1.33. The molecule has 0 aliphatic rings. The SMILES string of the molecule is CC(C)n1ccnc1CN(C)C(=O)Cc1ccc(C(=O)O)c(F)c1. The fourth-order valence-corrected chi connectivity index (χ4v) is 2.39. The van der Waals surface area contributed by atoms with E-state index in [2.05, 4.69) is 4.98 Å². The lowest BCUT2D eigenvalue weighted by molar-refractivity contribution is -0.129. The van der Waals surface area contributed by atoms with Crippen LogP contribution in [0.1, 0.15) is 41.6 Å². The number of aromatic carboxylic acids is 1. The Balaban J connectivity index is 2.05. The molecule has 1 heterocycles. The van der Waals surface area contributed by atoms with Crippen molar-refractivity contribution in [2.45, 2.75) is 32.9 Å². The van der Waals surface area contributed by atoms with E-state index in [1.54, 1.807) is 13.2 Å². The van der Waals surface area contributed by atoms with Gasteiger partial charge in [0.1, 0.15) is 11.6 Å². The molecule has 0 atom stereocenters. The van der Waals surface area contributed by atoms with Crippen molar-refractivity contribution in [3.05, 3.63) is 53.4 Å². The number of carboxylic acid groups (broad SMARTS) is 1. The molecule has 0 radical (unpaired) electrons. The highest BCUT2D eigenvalue weighted by Gasteiger charge is 2.16. The van der Waals surface area contributed by atoms with Crippen molar-refractivity contribution in [1.82, 2.24) is 14.5 Å². The topological polar surface area (TPSA) is 75.4 Å². The Morgan fingerprint density at radius 1 is 1.38 bits per heavy atom. The molecule has 0 saturated carbocycles. The lowest BCUT2D eigenvalue weighted by atomic mass is 10.1. The number of aromatic nitrogens is 2. The number of hydrogen-bond donors (Lipinski definition) is 1. The first-order chi connectivity index (χ1) is 11.3. The van der Waals surface area contributed by atoms with Gasteiger partial charge in [0.05, 0.1) is 18.5 Å². The number of halogens is 1. The Morgan fingerprint density at radius 2 is 2.08 bits per heavy atom. The van der Waals surface area contributed by atoms with E-state index in [1.165, 1.54) is 17.0 Å². The maximum absolute atomic E-state index is 13.7. The molecule has 6 nitrogen and oxygen atoms in total. The summed E-state index contributed by atoms with van der Waals surface area (Å²) in [6, 6.07) is 3.95. The summed E-state index contributed by atoms with van der Waals surface area (Å²) in [5.74, 6) is -1.60. The van der Waals surface area contributed by atoms with Gasteiger partial charge in [-0.15, -0.1) is 0 Å². The zero-order valence-electron chi connectivity index (χ0n) is 13.9. The Hall–Kier alpha value is -2.70. The Labute approximate surface area is 139 Å². The average Bonchev–Trinajstić information content (AvgIpc) is 2.95. The fourth-order valence-electron chi connectivity index (χ4n) is 2.39. The number of imidazole rings is 1. The third-order valence-electron chi connectivity index (χ3n) is 3.73. The highest BCUT2D eigenvalue weighted by molar-refractivity contribution is 5.88. The van der Waals surface area contributed by atoms with Crippen molar-refractivity contribution in [1.29, 1.82) is 0 Å². The summed E-state index contributed by atoms with van der Waals surface area (Å²) in [7, 11) is 1.66. The number of carbonyl (C=O) groups is 2. The van der Waals surface area contributed by atoms with Gasteiger partial charge in [-0.05, 0) is 31.5 Å². The van der Waals surface area contributed by atoms with Crippen LogP contribution in [0.3, 0.4) is 0 Å². The molecule has 0 aliphatic heterocycles. The van der Waals surface area contributed by atoms with Gasteiger partial charge in [0.25, 0.3) is 0 Å². The molecular weight excluding hydrogens is 313 g/mol. The number of carboxylic acids is 1. The van der Waals surface area contributed by atoms with Gasteiger partial charge in [-0.1, -0.05) is 6.07 Å². The van der Waals surface area contributed by atoms with Crippen LogP contribution in [0.2, 0.25) is 0 Å². The molecule has 0 fully saturated rings. The van der Waals surface area contributed by atoms with Crippen LogP contribution < -0.4 is 0 Å². The Bertz CT molecular complexity index is 755. The molecule has 0 unspecified atom stereocenters. The van der Waals surface area contributed by atoms with E-state index >= 15 is 0 Å². The van der Waals surface area contributed by atoms with E-state index < -0.39 is 17.3 Å². The molecule has 1 amide bonds. The van der Waals surface area contributed by atoms with Crippen LogP contribution in [0.5, 0.6) is 0 Å². The van der Waals surface area contributed by atoms with Crippen molar-refractivity contribution in [2.75, 3.05) is 7.05 Å². The number of amides is 1. The summed E-state index contributed by atoms with van der Waals surface area (Å²) in [4.78, 5) is 28.9. The second kappa shape index (κ2) is 7.25. The third-order valence-corrected chi connectivity index (χ3v) is 3.73. The molecule has 2 aromatic rings. The number of benzene rings is 1. The van der Waals surface area contributed by atoms with Crippen molar-refractivity contribution in [3.8, 4) is 0 Å². The van der Waals surface area contributed by atoms with Crippen LogP contribution in [-0.4, -0.2) is 38.5 Å². The summed E-state index contributed by atoms with van der Waals surface area (Å²) < 4.78 is 15.7. The van der Waals surface area contributed by atoms with Gasteiger partial charge in [-0.3, -0.25) is 4.79 Å². The van der Waals surface area contributed by atoms with Crippen molar-refractivity contribution < 1.29 is 19.1 Å². The molecule has 0 spiro atoms. The first-order valence-electron chi connectivity index (χ1n) is 7.57. The summed E-state index contributed by atoms with van der Waals surface area (Å²) in [6.07, 6.45) is 3.54. The maximum atomic E-state index is 13.7. The van der Waals surface area contributed by atoms with Crippen LogP contribution in [0.4, 0.5) is 4.39 Å². The zero-order chi connectivity index (χ0) is 17.9. The van der Waals surface area contributed by atoms with E-state index in [4.69, 9.17) is 5.11 Å². The van der Waals surface area contributed by atoms with Crippen LogP contribution in [0.15, 0.2) is 30.6 Å². The summed E-state index contributed by atoms with van der Waals surface area (Å²) in [5.41, 5.74) is 0.0278. The molecule has 1 aromatic carbocycles. The van der Waals surface area contributed by atoms with Crippen LogP contribution in [0, 0.1) is 5.82 Å². The van der Waals surface area contributed by atoms with Crippen molar-refractivity contribution in [2.24, 2.45) is 0 Å². The van der Waals surface area contributed by atoms with Gasteiger partial charge in [0.2, 0.25) is 5.91 Å². The molecule has 1 N–H and O–H groups in total. The minimum Gasteiger partial charge on any atom is -0.478 e. The Morgan fingerprint density at radius 3 is 2.67 bits per heavy atom. The number of carbonyl (C=O) groups excluding carboxylic acids is 1.